The molecule has 25 heavy (non-hydrogen) atoms. The van der Waals surface area contributed by atoms with Crippen molar-refractivity contribution in [3.8, 4) is 17.7 Å². The van der Waals surface area contributed by atoms with Crippen molar-refractivity contribution in [1.29, 1.82) is 5.26 Å². The Morgan fingerprint density at radius 1 is 1.24 bits per heavy atom. The highest BCUT2D eigenvalue weighted by Crippen LogP contribution is 2.27. The van der Waals surface area contributed by atoms with Crippen LogP contribution in [0.5, 0.6) is 11.6 Å². The summed E-state index contributed by atoms with van der Waals surface area (Å²) in [6.07, 6.45) is -0.622. The van der Waals surface area contributed by atoms with Crippen LogP contribution in [-0.2, 0) is 4.74 Å². The number of amides is 1. The molecule has 0 bridgehead atoms. The van der Waals surface area contributed by atoms with E-state index in [0.29, 0.717) is 21.9 Å². The number of nitrogens with one attached hydrogen (secondary N) is 1. The van der Waals surface area contributed by atoms with Crippen molar-refractivity contribution in [1.82, 2.24) is 10.2 Å². The fourth-order valence-corrected chi connectivity index (χ4v) is 2.07. The molecule has 0 saturated heterocycles. The number of nitriles is 1. The third-order valence-electron chi connectivity index (χ3n) is 2.78. The molecule has 0 aliphatic carbocycles. The van der Waals surface area contributed by atoms with Crippen LogP contribution in [0.3, 0.4) is 0 Å². The van der Waals surface area contributed by atoms with Crippen LogP contribution in [0.4, 0.5) is 10.6 Å². The molecule has 0 unspecified atom stereocenters. The molecule has 0 atom stereocenters. The molecule has 1 heterocycles. The molecule has 8 heteroatoms. The molecule has 0 radical (unpaired) electrons. The topological polar surface area (TPSA) is 97.1 Å². The standard InChI is InChI=1S/C17H17ClN4O3/c1-10-5-14(20-16(23)25-17(2,3)4)21-22-15(10)24-13-7-11(9-19)6-12(18)8-13/h5-8H,1-4H3,(H,20,21,23). The van der Waals surface area contributed by atoms with Gasteiger partial charge in [-0.25, -0.2) is 4.79 Å². The Balaban J connectivity index is 2.13. The van der Waals surface area contributed by atoms with Gasteiger partial charge in [-0.2, -0.15) is 5.26 Å². The molecule has 0 aliphatic rings. The second kappa shape index (κ2) is 7.36. The van der Waals surface area contributed by atoms with Gasteiger partial charge in [-0.1, -0.05) is 11.6 Å². The lowest BCUT2D eigenvalue weighted by atomic mass is 10.2. The van der Waals surface area contributed by atoms with E-state index in [-0.39, 0.29) is 11.7 Å². The van der Waals surface area contributed by atoms with E-state index >= 15 is 0 Å². The fraction of sp³-hybridized carbons (Fsp3) is 0.294. The first kappa shape index (κ1) is 18.5. The summed E-state index contributed by atoms with van der Waals surface area (Å²) in [6, 6.07) is 8.23. The number of carbonyl (C=O) groups is 1. The largest absolute Gasteiger partial charge is 0.444 e. The molecular formula is C17H17ClN4O3. The van der Waals surface area contributed by atoms with Gasteiger partial charge in [0.15, 0.2) is 5.82 Å². The first-order chi connectivity index (χ1) is 11.7. The van der Waals surface area contributed by atoms with E-state index in [0.717, 1.165) is 0 Å². The molecule has 1 aromatic heterocycles. The number of carbonyl (C=O) groups excluding carboxylic acids is 1. The molecule has 1 N–H and O–H groups in total. The Bertz CT molecular complexity index is 841. The van der Waals surface area contributed by atoms with Gasteiger partial charge in [-0.05, 0) is 52.0 Å². The SMILES string of the molecule is Cc1cc(NC(=O)OC(C)(C)C)nnc1Oc1cc(Cl)cc(C#N)c1. The Labute approximate surface area is 150 Å². The highest BCUT2D eigenvalue weighted by atomic mass is 35.5. The van der Waals surface area contributed by atoms with Crippen LogP contribution in [0.1, 0.15) is 31.9 Å². The molecular weight excluding hydrogens is 344 g/mol. The normalized spacial score (nSPS) is 10.7. The average Bonchev–Trinajstić information content (AvgIpc) is 2.47. The number of halogens is 1. The first-order valence-electron chi connectivity index (χ1n) is 7.39. The lowest BCUT2D eigenvalue weighted by Crippen LogP contribution is -2.27. The summed E-state index contributed by atoms with van der Waals surface area (Å²) in [5, 5.41) is 19.7. The predicted molar refractivity (Wildman–Crippen MR) is 92.9 cm³/mol. The molecule has 0 fully saturated rings. The maximum atomic E-state index is 11.7. The quantitative estimate of drug-likeness (QED) is 0.868. The lowest BCUT2D eigenvalue weighted by molar-refractivity contribution is 0.0635. The van der Waals surface area contributed by atoms with Gasteiger partial charge in [-0.15, -0.1) is 10.2 Å². The molecule has 2 aromatic rings. The van der Waals surface area contributed by atoms with Crippen molar-refractivity contribution in [2.45, 2.75) is 33.3 Å². The maximum absolute atomic E-state index is 11.7. The van der Waals surface area contributed by atoms with Crippen molar-refractivity contribution < 1.29 is 14.3 Å². The maximum Gasteiger partial charge on any atom is 0.413 e. The summed E-state index contributed by atoms with van der Waals surface area (Å²) in [6.45, 7) is 7.04. The summed E-state index contributed by atoms with van der Waals surface area (Å²) in [7, 11) is 0. The van der Waals surface area contributed by atoms with Crippen molar-refractivity contribution in [3.63, 3.8) is 0 Å². The predicted octanol–water partition coefficient (Wildman–Crippen LogP) is 4.45. The van der Waals surface area contributed by atoms with E-state index in [1.807, 2.05) is 6.07 Å². The molecule has 1 aromatic carbocycles. The Morgan fingerprint density at radius 2 is 1.96 bits per heavy atom. The second-order valence-electron chi connectivity index (χ2n) is 6.23. The van der Waals surface area contributed by atoms with Crippen molar-refractivity contribution in [2.24, 2.45) is 0 Å². The highest BCUT2D eigenvalue weighted by Gasteiger charge is 2.17. The average molecular weight is 361 g/mol. The van der Waals surface area contributed by atoms with Crippen molar-refractivity contribution in [2.75, 3.05) is 5.32 Å². The second-order valence-corrected chi connectivity index (χ2v) is 6.67. The van der Waals surface area contributed by atoms with Crippen LogP contribution in [-0.4, -0.2) is 21.9 Å². The number of ether oxygens (including phenoxy) is 2. The zero-order chi connectivity index (χ0) is 18.6. The number of aryl methyl sites for hydroxylation is 1. The molecule has 0 saturated carbocycles. The summed E-state index contributed by atoms with van der Waals surface area (Å²) in [4.78, 5) is 11.7. The highest BCUT2D eigenvalue weighted by molar-refractivity contribution is 6.30. The summed E-state index contributed by atoms with van der Waals surface area (Å²) >= 11 is 5.94. The van der Waals surface area contributed by atoms with Gasteiger partial charge in [0.1, 0.15) is 11.4 Å². The van der Waals surface area contributed by atoms with Crippen molar-refractivity contribution in [3.05, 3.63) is 40.4 Å². The number of anilines is 1. The van der Waals surface area contributed by atoms with Crippen LogP contribution >= 0.6 is 11.6 Å². The number of nitrogens with zero attached hydrogens (tertiary/aromatic N) is 3. The van der Waals surface area contributed by atoms with Crippen LogP contribution in [0, 0.1) is 18.3 Å². The third-order valence-corrected chi connectivity index (χ3v) is 3.00. The van der Waals surface area contributed by atoms with Gasteiger partial charge in [0.25, 0.3) is 0 Å². The number of rotatable bonds is 3. The Morgan fingerprint density at radius 3 is 2.56 bits per heavy atom. The van der Waals surface area contributed by atoms with Crippen LogP contribution in [0.2, 0.25) is 5.02 Å². The van der Waals surface area contributed by atoms with Gasteiger partial charge in [0.05, 0.1) is 11.6 Å². The summed E-state index contributed by atoms with van der Waals surface area (Å²) in [5.41, 5.74) is 0.400. The molecule has 7 nitrogen and oxygen atoms in total. The monoisotopic (exact) mass is 360 g/mol. The molecule has 0 aliphatic heterocycles. The third kappa shape index (κ3) is 5.62. The van der Waals surface area contributed by atoms with E-state index in [1.165, 1.54) is 6.07 Å². The summed E-state index contributed by atoms with van der Waals surface area (Å²) < 4.78 is 10.8. The van der Waals surface area contributed by atoms with Crippen molar-refractivity contribution >= 4 is 23.5 Å². The summed E-state index contributed by atoms with van der Waals surface area (Å²) in [5.74, 6) is 0.845. The number of aromatic nitrogens is 2. The number of hydrogen-bond acceptors (Lipinski definition) is 6. The van der Waals surface area contributed by atoms with Gasteiger partial charge >= 0.3 is 6.09 Å². The van der Waals surface area contributed by atoms with Crippen LogP contribution in [0.15, 0.2) is 24.3 Å². The molecule has 130 valence electrons. The first-order valence-corrected chi connectivity index (χ1v) is 7.77. The zero-order valence-electron chi connectivity index (χ0n) is 14.3. The zero-order valence-corrected chi connectivity index (χ0v) is 15.0. The van der Waals surface area contributed by atoms with Gasteiger partial charge in [-0.3, -0.25) is 5.32 Å². The van der Waals surface area contributed by atoms with E-state index in [2.05, 4.69) is 15.5 Å². The number of hydrogen-bond donors (Lipinski definition) is 1. The molecule has 1 amide bonds. The lowest BCUT2D eigenvalue weighted by Gasteiger charge is -2.19. The fourth-order valence-electron chi connectivity index (χ4n) is 1.84. The molecule has 2 rings (SSSR count). The molecule has 0 spiro atoms. The van der Waals surface area contributed by atoms with E-state index < -0.39 is 11.7 Å². The van der Waals surface area contributed by atoms with Gasteiger partial charge < -0.3 is 9.47 Å². The minimum absolute atomic E-state index is 0.237. The van der Waals surface area contributed by atoms with Crippen LogP contribution in [0.25, 0.3) is 0 Å². The van der Waals surface area contributed by atoms with E-state index in [1.54, 1.807) is 45.9 Å². The van der Waals surface area contributed by atoms with Crippen LogP contribution < -0.4 is 10.1 Å². The number of benzene rings is 1. The smallest absolute Gasteiger partial charge is 0.413 e. The minimum Gasteiger partial charge on any atom is -0.444 e. The van der Waals surface area contributed by atoms with E-state index in [4.69, 9.17) is 26.3 Å². The van der Waals surface area contributed by atoms with E-state index in [9.17, 15) is 4.79 Å². The minimum atomic E-state index is -0.622. The Kier molecular flexibility index (Phi) is 5.45. The van der Waals surface area contributed by atoms with Gasteiger partial charge in [0.2, 0.25) is 5.88 Å². The Hall–Kier alpha value is -2.85. The van der Waals surface area contributed by atoms with Gasteiger partial charge in [0, 0.05) is 10.6 Å².